The zero-order valence-electron chi connectivity index (χ0n) is 11.8. The Hall–Kier alpha value is -2.75. The van der Waals surface area contributed by atoms with Gasteiger partial charge < -0.3 is 13.9 Å². The number of hydrogen-bond donors (Lipinski definition) is 0. The second-order valence-electron chi connectivity index (χ2n) is 4.60. The number of ether oxygens (including phenoxy) is 2. The lowest BCUT2D eigenvalue weighted by Gasteiger charge is -2.01. The molecule has 2 aromatic carbocycles. The number of fused-ring (bicyclic) bond motifs is 1. The van der Waals surface area contributed by atoms with Crippen molar-refractivity contribution in [2.75, 3.05) is 14.2 Å². The van der Waals surface area contributed by atoms with E-state index in [0.29, 0.717) is 22.7 Å². The molecule has 0 unspecified atom stereocenters. The van der Waals surface area contributed by atoms with Crippen LogP contribution >= 0.6 is 0 Å². The summed E-state index contributed by atoms with van der Waals surface area (Å²) in [5, 5.41) is 0.834. The molecule has 0 fully saturated rings. The summed E-state index contributed by atoms with van der Waals surface area (Å²) in [5.41, 5.74) is 2.04. The van der Waals surface area contributed by atoms with Crippen molar-refractivity contribution in [1.82, 2.24) is 0 Å². The van der Waals surface area contributed by atoms with Gasteiger partial charge in [-0.2, -0.15) is 0 Å². The van der Waals surface area contributed by atoms with Crippen molar-refractivity contribution in [2.45, 2.75) is 0 Å². The van der Waals surface area contributed by atoms with Crippen LogP contribution in [0, 0.1) is 0 Å². The Labute approximate surface area is 121 Å². The van der Waals surface area contributed by atoms with E-state index in [-0.39, 0.29) is 0 Å². The molecule has 0 atom stereocenters. The molecule has 0 N–H and O–H groups in total. The van der Waals surface area contributed by atoms with Crippen LogP contribution in [-0.4, -0.2) is 20.5 Å². The van der Waals surface area contributed by atoms with E-state index in [9.17, 15) is 4.79 Å². The minimum atomic E-state index is 0.519. The Kier molecular flexibility index (Phi) is 3.36. The number of carbonyl (C=O) groups excluding carboxylic acids is 1. The first-order chi connectivity index (χ1) is 10.2. The number of hydrogen-bond acceptors (Lipinski definition) is 4. The number of aldehydes is 1. The molecule has 0 saturated heterocycles. The van der Waals surface area contributed by atoms with Crippen LogP contribution in [0.25, 0.3) is 22.3 Å². The van der Waals surface area contributed by atoms with Crippen LogP contribution < -0.4 is 9.47 Å². The van der Waals surface area contributed by atoms with E-state index < -0.39 is 0 Å². The Morgan fingerprint density at radius 1 is 1.05 bits per heavy atom. The molecule has 0 aliphatic carbocycles. The van der Waals surface area contributed by atoms with Crippen LogP contribution in [0.15, 0.2) is 46.9 Å². The largest absolute Gasteiger partial charge is 0.497 e. The monoisotopic (exact) mass is 282 g/mol. The predicted molar refractivity (Wildman–Crippen MR) is 80.1 cm³/mol. The minimum absolute atomic E-state index is 0.519. The van der Waals surface area contributed by atoms with Crippen molar-refractivity contribution in [2.24, 2.45) is 0 Å². The SMILES string of the molecule is COc1cccc(-c2cc3c(OC)cc(C=O)cc3o2)c1. The normalized spacial score (nSPS) is 10.6. The zero-order chi connectivity index (χ0) is 14.8. The van der Waals surface area contributed by atoms with Gasteiger partial charge in [0.15, 0.2) is 0 Å². The van der Waals surface area contributed by atoms with Crippen molar-refractivity contribution in [1.29, 1.82) is 0 Å². The third-order valence-electron chi connectivity index (χ3n) is 3.33. The molecule has 0 amide bonds. The van der Waals surface area contributed by atoms with Gasteiger partial charge in [-0.15, -0.1) is 0 Å². The van der Waals surface area contributed by atoms with Crippen LogP contribution in [-0.2, 0) is 0 Å². The van der Waals surface area contributed by atoms with E-state index in [0.717, 1.165) is 23.0 Å². The molecule has 21 heavy (non-hydrogen) atoms. The molecule has 4 nitrogen and oxygen atoms in total. The molecular weight excluding hydrogens is 268 g/mol. The summed E-state index contributed by atoms with van der Waals surface area (Å²) in [6, 6.07) is 12.9. The van der Waals surface area contributed by atoms with Crippen molar-refractivity contribution in [3.8, 4) is 22.8 Å². The Bertz CT molecular complexity index is 802. The topological polar surface area (TPSA) is 48.7 Å². The number of methoxy groups -OCH3 is 2. The van der Waals surface area contributed by atoms with Crippen LogP contribution in [0.3, 0.4) is 0 Å². The Morgan fingerprint density at radius 2 is 1.90 bits per heavy atom. The first-order valence-corrected chi connectivity index (χ1v) is 6.46. The highest BCUT2D eigenvalue weighted by molar-refractivity contribution is 5.93. The summed E-state index contributed by atoms with van der Waals surface area (Å²) in [7, 11) is 3.19. The van der Waals surface area contributed by atoms with E-state index in [4.69, 9.17) is 13.9 Å². The van der Waals surface area contributed by atoms with Gasteiger partial charge in [0.05, 0.1) is 19.6 Å². The number of furan rings is 1. The van der Waals surface area contributed by atoms with E-state index in [1.807, 2.05) is 30.3 Å². The summed E-state index contributed by atoms with van der Waals surface area (Å²) in [4.78, 5) is 11.0. The lowest BCUT2D eigenvalue weighted by molar-refractivity contribution is 0.112. The van der Waals surface area contributed by atoms with Gasteiger partial charge in [0, 0.05) is 11.1 Å². The van der Waals surface area contributed by atoms with Crippen LogP contribution in [0.5, 0.6) is 11.5 Å². The van der Waals surface area contributed by atoms with Gasteiger partial charge >= 0.3 is 0 Å². The highest BCUT2D eigenvalue weighted by atomic mass is 16.5. The first-order valence-electron chi connectivity index (χ1n) is 6.46. The fourth-order valence-electron chi connectivity index (χ4n) is 2.28. The van der Waals surface area contributed by atoms with Crippen LogP contribution in [0.1, 0.15) is 10.4 Å². The van der Waals surface area contributed by atoms with E-state index in [1.54, 1.807) is 26.4 Å². The smallest absolute Gasteiger partial charge is 0.150 e. The molecular formula is C17H14O4. The summed E-state index contributed by atoms with van der Waals surface area (Å²) in [6.45, 7) is 0. The molecule has 0 saturated carbocycles. The van der Waals surface area contributed by atoms with Gasteiger partial charge in [-0.1, -0.05) is 12.1 Å². The third kappa shape index (κ3) is 2.36. The fourth-order valence-corrected chi connectivity index (χ4v) is 2.28. The first kappa shape index (κ1) is 13.2. The zero-order valence-corrected chi connectivity index (χ0v) is 11.8. The maximum absolute atomic E-state index is 11.0. The number of benzene rings is 2. The molecule has 3 aromatic rings. The molecule has 0 spiro atoms. The molecule has 0 aliphatic heterocycles. The maximum Gasteiger partial charge on any atom is 0.150 e. The average Bonchev–Trinajstić information content (AvgIpc) is 2.97. The summed E-state index contributed by atoms with van der Waals surface area (Å²) < 4.78 is 16.4. The third-order valence-corrected chi connectivity index (χ3v) is 3.33. The Balaban J connectivity index is 2.18. The van der Waals surface area contributed by atoms with Gasteiger partial charge in [-0.05, 0) is 30.3 Å². The lowest BCUT2D eigenvalue weighted by Crippen LogP contribution is -1.86. The standard InChI is InChI=1S/C17H14O4/c1-19-13-5-3-4-12(8-13)15-9-14-16(20-2)6-11(10-18)7-17(14)21-15/h3-10H,1-2H3. The molecule has 3 rings (SSSR count). The second-order valence-corrected chi connectivity index (χ2v) is 4.60. The van der Waals surface area contributed by atoms with E-state index in [2.05, 4.69) is 0 Å². The van der Waals surface area contributed by atoms with Crippen molar-refractivity contribution in [3.05, 3.63) is 48.0 Å². The molecule has 1 heterocycles. The molecule has 1 aromatic heterocycles. The molecule has 0 radical (unpaired) electrons. The van der Waals surface area contributed by atoms with Gasteiger partial charge in [0.2, 0.25) is 0 Å². The predicted octanol–water partition coefficient (Wildman–Crippen LogP) is 3.93. The quantitative estimate of drug-likeness (QED) is 0.680. The Morgan fingerprint density at radius 3 is 2.62 bits per heavy atom. The number of carbonyl (C=O) groups is 1. The summed E-state index contributed by atoms with van der Waals surface area (Å²) in [6.07, 6.45) is 0.774. The molecule has 106 valence electrons. The number of rotatable bonds is 4. The fraction of sp³-hybridized carbons (Fsp3) is 0.118. The van der Waals surface area contributed by atoms with Gasteiger partial charge in [0.25, 0.3) is 0 Å². The molecule has 4 heteroatoms. The van der Waals surface area contributed by atoms with Gasteiger partial charge in [-0.25, -0.2) is 0 Å². The summed E-state index contributed by atoms with van der Waals surface area (Å²) >= 11 is 0. The van der Waals surface area contributed by atoms with Gasteiger partial charge in [-0.3, -0.25) is 4.79 Å². The van der Waals surface area contributed by atoms with Crippen molar-refractivity contribution in [3.63, 3.8) is 0 Å². The second kappa shape index (κ2) is 5.32. The minimum Gasteiger partial charge on any atom is -0.497 e. The van der Waals surface area contributed by atoms with E-state index in [1.165, 1.54) is 0 Å². The molecule has 0 aliphatic rings. The summed E-state index contributed by atoms with van der Waals surface area (Å²) in [5.74, 6) is 2.08. The molecule has 0 bridgehead atoms. The highest BCUT2D eigenvalue weighted by Crippen LogP contribution is 2.35. The van der Waals surface area contributed by atoms with E-state index >= 15 is 0 Å². The van der Waals surface area contributed by atoms with Gasteiger partial charge in [0.1, 0.15) is 29.1 Å². The van der Waals surface area contributed by atoms with Crippen molar-refractivity contribution < 1.29 is 18.7 Å². The maximum atomic E-state index is 11.0. The highest BCUT2D eigenvalue weighted by Gasteiger charge is 2.12. The average molecular weight is 282 g/mol. The van der Waals surface area contributed by atoms with Crippen LogP contribution in [0.4, 0.5) is 0 Å². The van der Waals surface area contributed by atoms with Crippen molar-refractivity contribution >= 4 is 17.3 Å². The lowest BCUT2D eigenvalue weighted by atomic mass is 10.1. The van der Waals surface area contributed by atoms with Crippen LogP contribution in [0.2, 0.25) is 0 Å².